The molecule has 0 spiro atoms. The molecule has 0 radical (unpaired) electrons. The van der Waals surface area contributed by atoms with Gasteiger partial charge in [-0.2, -0.15) is 5.26 Å². The molecule has 0 saturated carbocycles. The fourth-order valence-electron chi connectivity index (χ4n) is 3.11. The number of nitrogens with one attached hydrogen (secondary N) is 2. The van der Waals surface area contributed by atoms with Crippen LogP contribution in [0.3, 0.4) is 0 Å². The first-order chi connectivity index (χ1) is 16.5. The van der Waals surface area contributed by atoms with Crippen molar-refractivity contribution in [2.75, 3.05) is 17.4 Å². The lowest BCUT2D eigenvalue weighted by Gasteiger charge is -2.14. The van der Waals surface area contributed by atoms with E-state index in [9.17, 15) is 14.6 Å². The number of unbranched alkanes of at least 4 members (excludes halogenated alkanes) is 1. The molecule has 10 heteroatoms. The highest BCUT2D eigenvalue weighted by Gasteiger charge is 2.19. The molecule has 0 aliphatic carbocycles. The van der Waals surface area contributed by atoms with Crippen molar-refractivity contribution in [2.24, 2.45) is 0 Å². The van der Waals surface area contributed by atoms with Crippen LogP contribution in [-0.4, -0.2) is 37.9 Å². The van der Waals surface area contributed by atoms with Gasteiger partial charge < -0.3 is 15.2 Å². The number of benzene rings is 1. The summed E-state index contributed by atoms with van der Waals surface area (Å²) in [5, 5.41) is 19.1. The van der Waals surface area contributed by atoms with Crippen molar-refractivity contribution in [1.82, 2.24) is 20.6 Å². The zero-order chi connectivity index (χ0) is 24.3. The number of urea groups is 1. The quantitative estimate of drug-likeness (QED) is 0.270. The van der Waals surface area contributed by atoms with E-state index in [-0.39, 0.29) is 6.03 Å². The zero-order valence-electron chi connectivity index (χ0n) is 19.2. The van der Waals surface area contributed by atoms with Gasteiger partial charge in [-0.15, -0.1) is 11.3 Å². The number of hydrogen-bond acceptors (Lipinski definition) is 7. The Morgan fingerprint density at radius 1 is 1.26 bits per heavy atom. The Morgan fingerprint density at radius 3 is 2.71 bits per heavy atom. The number of carbonyl (C=O) groups excluding carboxylic acids is 1. The molecule has 0 fully saturated rings. The van der Waals surface area contributed by atoms with Crippen molar-refractivity contribution in [3.8, 4) is 27.9 Å². The average molecular weight is 514 g/mol. The Kier molecular flexibility index (Phi) is 10.2. The van der Waals surface area contributed by atoms with Crippen LogP contribution in [0, 0.1) is 11.3 Å². The number of nitriles is 1. The smallest absolute Gasteiger partial charge is 0.315 e. The second-order valence-electron chi connectivity index (χ2n) is 7.35. The molecule has 3 aromatic rings. The number of thiazole rings is 1. The first kappa shape index (κ1) is 26.0. The molecular formula is C24H27N5O2S3. The summed E-state index contributed by atoms with van der Waals surface area (Å²) in [4.78, 5) is 20.7. The third kappa shape index (κ3) is 7.21. The molecule has 2 aromatic heterocycles. The van der Waals surface area contributed by atoms with Crippen molar-refractivity contribution in [3.05, 3.63) is 53.0 Å². The topological polar surface area (TPSA) is 114 Å². The van der Waals surface area contributed by atoms with Crippen LogP contribution in [0.5, 0.6) is 0 Å². The van der Waals surface area contributed by atoms with Crippen molar-refractivity contribution < 1.29 is 9.35 Å². The molecule has 0 bridgehead atoms. The lowest BCUT2D eigenvalue weighted by molar-refractivity contribution is 0.241. The number of amides is 2. The molecule has 7 nitrogen and oxygen atoms in total. The van der Waals surface area contributed by atoms with Crippen molar-refractivity contribution in [1.29, 1.82) is 5.26 Å². The fraction of sp³-hybridized carbons (Fsp3) is 0.333. The molecule has 1 aromatic carbocycles. The van der Waals surface area contributed by atoms with Crippen LogP contribution in [0.25, 0.3) is 21.8 Å². The minimum absolute atomic E-state index is 0.210. The standard InChI is InChI=1S/C24H27N5O2S3/c1-3-5-12-34(31)16-33-22-20(14-25)19(13-21(29-22)23-27-10-11-32-23)18-8-6-17(7-9-18)15-28-24(30)26-4-2/h6-11,13H,3-5,12,15-16H2,1-2H3,(H2,26,28,30). The number of aromatic nitrogens is 2. The zero-order valence-corrected chi connectivity index (χ0v) is 21.6. The number of carbonyl (C=O) groups is 1. The van der Waals surface area contributed by atoms with E-state index in [1.807, 2.05) is 42.6 Å². The maximum atomic E-state index is 12.4. The van der Waals surface area contributed by atoms with Gasteiger partial charge in [-0.25, -0.2) is 14.8 Å². The van der Waals surface area contributed by atoms with E-state index in [0.717, 1.165) is 34.5 Å². The fourth-order valence-corrected chi connectivity index (χ4v) is 6.23. The normalized spacial score (nSPS) is 11.6. The van der Waals surface area contributed by atoms with E-state index < -0.39 is 11.2 Å². The molecule has 2 amide bonds. The number of pyridine rings is 1. The molecule has 0 aliphatic rings. The highest BCUT2D eigenvalue weighted by molar-refractivity contribution is 8.12. The van der Waals surface area contributed by atoms with Gasteiger partial charge in [-0.3, -0.25) is 0 Å². The third-order valence-electron chi connectivity index (χ3n) is 4.86. The van der Waals surface area contributed by atoms with Gasteiger partial charge in [0.15, 0.2) is 5.08 Å². The largest absolute Gasteiger partial charge is 0.616 e. The van der Waals surface area contributed by atoms with Gasteiger partial charge in [-0.1, -0.05) is 49.4 Å². The van der Waals surface area contributed by atoms with E-state index >= 15 is 0 Å². The summed E-state index contributed by atoms with van der Waals surface area (Å²) in [6.07, 6.45) is 3.64. The highest BCUT2D eigenvalue weighted by Crippen LogP contribution is 2.35. The summed E-state index contributed by atoms with van der Waals surface area (Å²) in [6.45, 7) is 4.91. The van der Waals surface area contributed by atoms with Crippen molar-refractivity contribution in [3.63, 3.8) is 0 Å². The van der Waals surface area contributed by atoms with E-state index in [0.29, 0.717) is 40.2 Å². The molecule has 2 heterocycles. The second kappa shape index (κ2) is 13.3. The molecule has 178 valence electrons. The predicted molar refractivity (Wildman–Crippen MR) is 140 cm³/mol. The van der Waals surface area contributed by atoms with Crippen molar-refractivity contribution >= 4 is 40.3 Å². The maximum absolute atomic E-state index is 12.4. The van der Waals surface area contributed by atoms with Gasteiger partial charge in [0.25, 0.3) is 0 Å². The number of nitrogens with zero attached hydrogens (tertiary/aromatic N) is 3. The van der Waals surface area contributed by atoms with Crippen LogP contribution in [0.15, 0.2) is 46.9 Å². The average Bonchev–Trinajstić information content (AvgIpc) is 3.40. The molecule has 0 saturated heterocycles. The van der Waals surface area contributed by atoms with Crippen LogP contribution in [0.2, 0.25) is 0 Å². The summed E-state index contributed by atoms with van der Waals surface area (Å²) >= 11 is 1.86. The van der Waals surface area contributed by atoms with E-state index in [2.05, 4.69) is 28.6 Å². The van der Waals surface area contributed by atoms with Crippen molar-refractivity contribution in [2.45, 2.75) is 38.3 Å². The van der Waals surface area contributed by atoms with Crippen LogP contribution in [0.1, 0.15) is 37.8 Å². The van der Waals surface area contributed by atoms with Crippen LogP contribution < -0.4 is 10.6 Å². The molecule has 1 unspecified atom stereocenters. The van der Waals surface area contributed by atoms with Gasteiger partial charge in [-0.05, 0) is 41.7 Å². The number of thioether (sulfide) groups is 1. The van der Waals surface area contributed by atoms with Crippen LogP contribution in [-0.2, 0) is 17.7 Å². The predicted octanol–water partition coefficient (Wildman–Crippen LogP) is 5.16. The lowest BCUT2D eigenvalue weighted by atomic mass is 10.00. The molecule has 0 aliphatic heterocycles. The third-order valence-corrected chi connectivity index (χ3v) is 8.49. The summed E-state index contributed by atoms with van der Waals surface area (Å²) in [7, 11) is 0. The highest BCUT2D eigenvalue weighted by atomic mass is 32.3. The monoisotopic (exact) mass is 513 g/mol. The van der Waals surface area contributed by atoms with Crippen LogP contribution >= 0.6 is 23.1 Å². The second-order valence-corrected chi connectivity index (χ2v) is 11.2. The Bertz CT molecular complexity index is 1110. The summed E-state index contributed by atoms with van der Waals surface area (Å²) in [5.41, 5.74) is 3.72. The summed E-state index contributed by atoms with van der Waals surface area (Å²) in [5.74, 6) is 0.649. The molecule has 2 N–H and O–H groups in total. The Labute approximate surface area is 211 Å². The first-order valence-electron chi connectivity index (χ1n) is 11.0. The van der Waals surface area contributed by atoms with E-state index in [4.69, 9.17) is 4.98 Å². The molecule has 1 atom stereocenters. The minimum Gasteiger partial charge on any atom is -0.616 e. The van der Waals surface area contributed by atoms with Gasteiger partial charge >= 0.3 is 6.03 Å². The first-order valence-corrected chi connectivity index (χ1v) is 14.3. The number of hydrogen-bond donors (Lipinski definition) is 2. The summed E-state index contributed by atoms with van der Waals surface area (Å²) < 4.78 is 12.4. The molecule has 3 rings (SSSR count). The Morgan fingerprint density at radius 2 is 2.06 bits per heavy atom. The minimum atomic E-state index is -0.975. The van der Waals surface area contributed by atoms with Gasteiger partial charge in [0, 0.05) is 30.2 Å². The van der Waals surface area contributed by atoms with E-state index in [1.165, 1.54) is 23.1 Å². The van der Waals surface area contributed by atoms with Gasteiger partial charge in [0.2, 0.25) is 0 Å². The molecular weight excluding hydrogens is 486 g/mol. The van der Waals surface area contributed by atoms with Crippen LogP contribution in [0.4, 0.5) is 4.79 Å². The maximum Gasteiger partial charge on any atom is 0.315 e. The Balaban J connectivity index is 1.90. The van der Waals surface area contributed by atoms with E-state index in [1.54, 1.807) is 6.20 Å². The number of rotatable bonds is 11. The summed E-state index contributed by atoms with van der Waals surface area (Å²) in [6, 6.07) is 11.7. The van der Waals surface area contributed by atoms with Gasteiger partial charge in [0.1, 0.15) is 27.5 Å². The molecule has 34 heavy (non-hydrogen) atoms. The SMILES string of the molecule is CCCC[S+]([O-])CSc1nc(-c2nccs2)cc(-c2ccc(CNC(=O)NCC)cc2)c1C#N. The lowest BCUT2D eigenvalue weighted by Crippen LogP contribution is -2.34. The van der Waals surface area contributed by atoms with Gasteiger partial charge in [0.05, 0.1) is 5.56 Å². The Hall–Kier alpha value is -2.58.